The summed E-state index contributed by atoms with van der Waals surface area (Å²) in [5.74, 6) is 0.681. The molecule has 0 aliphatic heterocycles. The van der Waals surface area contributed by atoms with Crippen LogP contribution in [0.25, 0.3) is 0 Å². The topological polar surface area (TPSA) is 43.4 Å². The van der Waals surface area contributed by atoms with Crippen LogP contribution in [-0.4, -0.2) is 25.2 Å². The number of halogens is 1. The van der Waals surface area contributed by atoms with Crippen molar-refractivity contribution in [3.8, 4) is 5.75 Å². The van der Waals surface area contributed by atoms with Gasteiger partial charge >= 0.3 is 0 Å². The zero-order chi connectivity index (χ0) is 14.2. The summed E-state index contributed by atoms with van der Waals surface area (Å²) in [5, 5.41) is 5.85. The third-order valence-electron chi connectivity index (χ3n) is 2.67. The summed E-state index contributed by atoms with van der Waals surface area (Å²) in [6, 6.07) is 5.81. The van der Waals surface area contributed by atoms with E-state index in [9.17, 15) is 0 Å². The van der Waals surface area contributed by atoms with E-state index in [1.807, 2.05) is 23.6 Å². The van der Waals surface area contributed by atoms with E-state index in [4.69, 9.17) is 21.1 Å². The molecule has 20 heavy (non-hydrogen) atoms. The quantitative estimate of drug-likeness (QED) is 0.761. The smallest absolute Gasteiger partial charge is 0.138 e. The molecule has 108 valence electrons. The Balaban J connectivity index is 1.85. The first kappa shape index (κ1) is 15.3. The van der Waals surface area contributed by atoms with Crippen LogP contribution in [0.5, 0.6) is 5.75 Å². The van der Waals surface area contributed by atoms with Gasteiger partial charge < -0.3 is 14.8 Å². The van der Waals surface area contributed by atoms with E-state index >= 15 is 0 Å². The zero-order valence-corrected chi connectivity index (χ0v) is 12.8. The van der Waals surface area contributed by atoms with Crippen molar-refractivity contribution < 1.29 is 9.47 Å². The summed E-state index contributed by atoms with van der Waals surface area (Å²) in [5.41, 5.74) is 3.82. The molecule has 0 aliphatic carbocycles. The second-order valence-corrected chi connectivity index (χ2v) is 5.33. The molecule has 0 unspecified atom stereocenters. The minimum Gasteiger partial charge on any atom is -0.486 e. The summed E-state index contributed by atoms with van der Waals surface area (Å²) >= 11 is 7.77. The lowest BCUT2D eigenvalue weighted by molar-refractivity contribution is 0.199. The van der Waals surface area contributed by atoms with Crippen molar-refractivity contribution in [1.82, 2.24) is 10.3 Å². The van der Waals surface area contributed by atoms with Gasteiger partial charge in [-0.3, -0.25) is 0 Å². The van der Waals surface area contributed by atoms with E-state index in [0.29, 0.717) is 24.0 Å². The van der Waals surface area contributed by atoms with E-state index in [0.717, 1.165) is 24.3 Å². The lowest BCUT2D eigenvalue weighted by Crippen LogP contribution is -2.18. The van der Waals surface area contributed by atoms with Crippen molar-refractivity contribution in [2.75, 3.05) is 20.3 Å². The van der Waals surface area contributed by atoms with Crippen LogP contribution in [0, 0.1) is 0 Å². The number of nitrogens with one attached hydrogen (secondary N) is 1. The lowest BCUT2D eigenvalue weighted by Gasteiger charge is -2.09. The van der Waals surface area contributed by atoms with Crippen LogP contribution in [0.2, 0.25) is 5.02 Å². The molecule has 0 fully saturated rings. The highest BCUT2D eigenvalue weighted by atomic mass is 35.5. The van der Waals surface area contributed by atoms with E-state index in [1.165, 1.54) is 0 Å². The summed E-state index contributed by atoms with van der Waals surface area (Å²) < 4.78 is 10.6. The molecule has 0 radical (unpaired) electrons. The van der Waals surface area contributed by atoms with E-state index < -0.39 is 0 Å². The highest BCUT2D eigenvalue weighted by molar-refractivity contribution is 7.07. The maximum atomic E-state index is 6.21. The molecule has 1 heterocycles. The molecule has 1 N–H and O–H groups in total. The SMILES string of the molecule is COCCNCc1ccc(OCc2cscn2)c(Cl)c1. The summed E-state index contributed by atoms with van der Waals surface area (Å²) in [6.07, 6.45) is 0. The number of aromatic nitrogens is 1. The van der Waals surface area contributed by atoms with Crippen LogP contribution in [-0.2, 0) is 17.9 Å². The monoisotopic (exact) mass is 312 g/mol. The molecule has 2 aromatic rings. The number of rotatable bonds is 8. The largest absolute Gasteiger partial charge is 0.486 e. The molecule has 0 spiro atoms. The summed E-state index contributed by atoms with van der Waals surface area (Å²) in [6.45, 7) is 2.71. The number of methoxy groups -OCH3 is 1. The van der Waals surface area contributed by atoms with Gasteiger partial charge in [0.1, 0.15) is 12.4 Å². The number of benzene rings is 1. The van der Waals surface area contributed by atoms with Crippen LogP contribution in [0.15, 0.2) is 29.1 Å². The molecule has 2 rings (SSSR count). The first-order valence-corrected chi connectivity index (χ1v) is 7.59. The number of hydrogen-bond donors (Lipinski definition) is 1. The Morgan fingerprint density at radius 1 is 1.40 bits per heavy atom. The van der Waals surface area contributed by atoms with Gasteiger partial charge in [-0.05, 0) is 17.7 Å². The first-order valence-electron chi connectivity index (χ1n) is 6.27. The fraction of sp³-hybridized carbons (Fsp3) is 0.357. The van der Waals surface area contributed by atoms with Crippen molar-refractivity contribution in [3.05, 3.63) is 45.4 Å². The lowest BCUT2D eigenvalue weighted by atomic mass is 10.2. The van der Waals surface area contributed by atoms with Gasteiger partial charge in [0.25, 0.3) is 0 Å². The fourth-order valence-electron chi connectivity index (χ4n) is 1.64. The third kappa shape index (κ3) is 4.76. The normalized spacial score (nSPS) is 10.7. The molecule has 0 amide bonds. The Morgan fingerprint density at radius 2 is 2.30 bits per heavy atom. The average molecular weight is 313 g/mol. The van der Waals surface area contributed by atoms with Crippen LogP contribution >= 0.6 is 22.9 Å². The minimum absolute atomic E-state index is 0.439. The Bertz CT molecular complexity index is 520. The maximum Gasteiger partial charge on any atom is 0.138 e. The molecule has 0 saturated carbocycles. The van der Waals surface area contributed by atoms with E-state index in [1.54, 1.807) is 24.0 Å². The average Bonchev–Trinajstić information content (AvgIpc) is 2.96. The molecule has 0 atom stereocenters. The van der Waals surface area contributed by atoms with Gasteiger partial charge in [-0.15, -0.1) is 11.3 Å². The second kappa shape index (κ2) is 8.21. The van der Waals surface area contributed by atoms with Crippen molar-refractivity contribution in [1.29, 1.82) is 0 Å². The Hall–Kier alpha value is -1.14. The molecule has 0 aliphatic rings. The maximum absolute atomic E-state index is 6.21. The predicted molar refractivity (Wildman–Crippen MR) is 81.5 cm³/mol. The van der Waals surface area contributed by atoms with Gasteiger partial charge in [0.15, 0.2) is 0 Å². The van der Waals surface area contributed by atoms with Gasteiger partial charge in [-0.2, -0.15) is 0 Å². The summed E-state index contributed by atoms with van der Waals surface area (Å²) in [4.78, 5) is 4.17. The number of thiazole rings is 1. The Kier molecular flexibility index (Phi) is 6.26. The zero-order valence-electron chi connectivity index (χ0n) is 11.3. The van der Waals surface area contributed by atoms with Crippen LogP contribution in [0.4, 0.5) is 0 Å². The number of ether oxygens (including phenoxy) is 2. The van der Waals surface area contributed by atoms with Crippen molar-refractivity contribution in [2.24, 2.45) is 0 Å². The molecular weight excluding hydrogens is 296 g/mol. The predicted octanol–water partition coefficient (Wildman–Crippen LogP) is 3.11. The van der Waals surface area contributed by atoms with Crippen LogP contribution < -0.4 is 10.1 Å². The molecule has 1 aromatic heterocycles. The van der Waals surface area contributed by atoms with Gasteiger partial charge in [0.2, 0.25) is 0 Å². The molecule has 0 bridgehead atoms. The fourth-order valence-corrected chi connectivity index (χ4v) is 2.44. The van der Waals surface area contributed by atoms with Crippen LogP contribution in [0.1, 0.15) is 11.3 Å². The molecule has 1 aromatic carbocycles. The van der Waals surface area contributed by atoms with Crippen LogP contribution in [0.3, 0.4) is 0 Å². The Labute approximate surface area is 127 Å². The molecule has 4 nitrogen and oxygen atoms in total. The van der Waals surface area contributed by atoms with E-state index in [-0.39, 0.29) is 0 Å². The van der Waals surface area contributed by atoms with Crippen molar-refractivity contribution in [3.63, 3.8) is 0 Å². The van der Waals surface area contributed by atoms with E-state index in [2.05, 4.69) is 10.3 Å². The van der Waals surface area contributed by atoms with Gasteiger partial charge in [-0.25, -0.2) is 4.98 Å². The number of nitrogens with zero attached hydrogens (tertiary/aromatic N) is 1. The highest BCUT2D eigenvalue weighted by Crippen LogP contribution is 2.26. The Morgan fingerprint density at radius 3 is 3.00 bits per heavy atom. The molecule has 0 saturated heterocycles. The van der Waals surface area contributed by atoms with Gasteiger partial charge in [0.05, 0.1) is 22.8 Å². The third-order valence-corrected chi connectivity index (χ3v) is 3.60. The standard InChI is InChI=1S/C14H17ClN2O2S/c1-18-5-4-16-7-11-2-3-14(13(15)6-11)19-8-12-9-20-10-17-12/h2-3,6,9-10,16H,4-5,7-8H2,1H3. The first-order chi connectivity index (χ1) is 9.79. The summed E-state index contributed by atoms with van der Waals surface area (Å²) in [7, 11) is 1.69. The van der Waals surface area contributed by atoms with Gasteiger partial charge in [-0.1, -0.05) is 17.7 Å². The molecular formula is C14H17ClN2O2S. The van der Waals surface area contributed by atoms with Crippen molar-refractivity contribution >= 4 is 22.9 Å². The number of hydrogen-bond acceptors (Lipinski definition) is 5. The van der Waals surface area contributed by atoms with Gasteiger partial charge in [0, 0.05) is 25.6 Å². The second-order valence-electron chi connectivity index (χ2n) is 4.20. The van der Waals surface area contributed by atoms with Crippen molar-refractivity contribution in [2.45, 2.75) is 13.2 Å². The minimum atomic E-state index is 0.439. The highest BCUT2D eigenvalue weighted by Gasteiger charge is 2.04. The molecule has 6 heteroatoms.